The Hall–Kier alpha value is -3.21. The van der Waals surface area contributed by atoms with Crippen molar-refractivity contribution in [3.63, 3.8) is 0 Å². The summed E-state index contributed by atoms with van der Waals surface area (Å²) in [4.78, 5) is 14.4. The van der Waals surface area contributed by atoms with Gasteiger partial charge in [-0.3, -0.25) is 4.90 Å². The monoisotopic (exact) mass is 402 g/mol. The minimum absolute atomic E-state index is 0.546. The number of rotatable bonds is 6. The van der Waals surface area contributed by atoms with Crippen molar-refractivity contribution in [2.75, 3.05) is 58.7 Å². The third-order valence-electron chi connectivity index (χ3n) is 5.49. The summed E-state index contributed by atoms with van der Waals surface area (Å²) in [5.41, 5.74) is 2.12. The number of anilines is 1. The van der Waals surface area contributed by atoms with Crippen LogP contribution < -0.4 is 10.1 Å². The molecule has 0 saturated carbocycles. The van der Waals surface area contributed by atoms with Gasteiger partial charge in [-0.05, 0) is 37.4 Å². The van der Waals surface area contributed by atoms with Crippen LogP contribution in [0.15, 0.2) is 42.5 Å². The number of para-hydroxylation sites is 1. The van der Waals surface area contributed by atoms with Gasteiger partial charge < -0.3 is 15.0 Å². The fourth-order valence-electron chi connectivity index (χ4n) is 3.69. The lowest BCUT2D eigenvalue weighted by atomic mass is 10.1. The van der Waals surface area contributed by atoms with Crippen molar-refractivity contribution in [3.8, 4) is 23.2 Å². The van der Waals surface area contributed by atoms with Crippen molar-refractivity contribution in [3.05, 3.63) is 48.0 Å². The van der Waals surface area contributed by atoms with E-state index in [4.69, 9.17) is 14.7 Å². The van der Waals surface area contributed by atoms with Gasteiger partial charge in [0.15, 0.2) is 5.82 Å². The average molecular weight is 403 g/mol. The van der Waals surface area contributed by atoms with E-state index in [1.165, 1.54) is 0 Å². The first-order valence-electron chi connectivity index (χ1n) is 10.2. The van der Waals surface area contributed by atoms with Crippen molar-refractivity contribution in [2.24, 2.45) is 0 Å². The third-order valence-corrected chi connectivity index (χ3v) is 5.49. The lowest BCUT2D eigenvalue weighted by molar-refractivity contribution is 0.158. The highest BCUT2D eigenvalue weighted by molar-refractivity contribution is 5.91. The van der Waals surface area contributed by atoms with Crippen molar-refractivity contribution in [1.29, 1.82) is 5.26 Å². The Morgan fingerprint density at radius 2 is 1.90 bits per heavy atom. The fraction of sp³-hybridized carbons (Fsp3) is 0.348. The van der Waals surface area contributed by atoms with E-state index in [1.807, 2.05) is 24.3 Å². The van der Waals surface area contributed by atoms with Gasteiger partial charge in [-0.15, -0.1) is 0 Å². The normalized spacial score (nSPS) is 15.1. The number of nitrogens with zero attached hydrogens (tertiary/aromatic N) is 5. The quantitative estimate of drug-likeness (QED) is 0.679. The van der Waals surface area contributed by atoms with Crippen LogP contribution in [-0.4, -0.2) is 73.2 Å². The first-order valence-corrected chi connectivity index (χ1v) is 10.2. The molecule has 154 valence electrons. The lowest BCUT2D eigenvalue weighted by Crippen LogP contribution is -2.45. The molecule has 1 fully saturated rings. The van der Waals surface area contributed by atoms with Gasteiger partial charge in [-0.25, -0.2) is 9.97 Å². The highest BCUT2D eigenvalue weighted by atomic mass is 16.5. The number of aromatic nitrogens is 2. The van der Waals surface area contributed by atoms with Gasteiger partial charge in [0.1, 0.15) is 11.6 Å². The molecule has 2 aromatic carbocycles. The summed E-state index contributed by atoms with van der Waals surface area (Å²) in [6.45, 7) is 6.16. The number of hydrogen-bond donors (Lipinski definition) is 1. The Labute approximate surface area is 176 Å². The predicted molar refractivity (Wildman–Crippen MR) is 119 cm³/mol. The maximum absolute atomic E-state index is 9.30. The molecule has 0 spiro atoms. The van der Waals surface area contributed by atoms with Gasteiger partial charge in [0.2, 0.25) is 0 Å². The molecule has 7 heteroatoms. The number of piperazine rings is 1. The Morgan fingerprint density at radius 3 is 2.67 bits per heavy atom. The minimum Gasteiger partial charge on any atom is -0.496 e. The summed E-state index contributed by atoms with van der Waals surface area (Å²) >= 11 is 0. The predicted octanol–water partition coefficient (Wildman–Crippen LogP) is 2.84. The van der Waals surface area contributed by atoms with Crippen molar-refractivity contribution >= 4 is 16.7 Å². The zero-order valence-corrected chi connectivity index (χ0v) is 17.4. The second-order valence-electron chi connectivity index (χ2n) is 7.51. The summed E-state index contributed by atoms with van der Waals surface area (Å²) in [6.07, 6.45) is 0. The summed E-state index contributed by atoms with van der Waals surface area (Å²) in [5.74, 6) is 1.99. The summed E-state index contributed by atoms with van der Waals surface area (Å²) < 4.78 is 5.50. The molecule has 0 unspecified atom stereocenters. The first kappa shape index (κ1) is 20.1. The first-order chi connectivity index (χ1) is 14.7. The number of nitrogens with one attached hydrogen (secondary N) is 1. The lowest BCUT2D eigenvalue weighted by Gasteiger charge is -2.32. The van der Waals surface area contributed by atoms with Gasteiger partial charge in [0.05, 0.1) is 29.8 Å². The van der Waals surface area contributed by atoms with Crippen LogP contribution in [0.3, 0.4) is 0 Å². The summed E-state index contributed by atoms with van der Waals surface area (Å²) in [5, 5.41) is 13.8. The Kier molecular flexibility index (Phi) is 6.07. The van der Waals surface area contributed by atoms with Crippen molar-refractivity contribution in [2.45, 2.75) is 0 Å². The Balaban J connectivity index is 1.63. The molecule has 1 saturated heterocycles. The Morgan fingerprint density at radius 1 is 1.10 bits per heavy atom. The molecule has 2 heterocycles. The number of fused-ring (bicyclic) bond motifs is 1. The fourth-order valence-corrected chi connectivity index (χ4v) is 3.69. The summed E-state index contributed by atoms with van der Waals surface area (Å²) in [7, 11) is 3.78. The van der Waals surface area contributed by atoms with Crippen LogP contribution in [0.4, 0.5) is 5.82 Å². The van der Waals surface area contributed by atoms with Crippen molar-refractivity contribution in [1.82, 2.24) is 19.8 Å². The third kappa shape index (κ3) is 4.35. The van der Waals surface area contributed by atoms with Gasteiger partial charge in [0, 0.05) is 44.7 Å². The molecule has 0 amide bonds. The van der Waals surface area contributed by atoms with Gasteiger partial charge >= 0.3 is 0 Å². The van der Waals surface area contributed by atoms with E-state index in [9.17, 15) is 5.26 Å². The minimum atomic E-state index is 0.546. The van der Waals surface area contributed by atoms with Crippen LogP contribution in [0.25, 0.3) is 22.3 Å². The molecule has 1 aromatic heterocycles. The standard InChI is InChI=1S/C23H26N6O/c1-28-11-13-29(14-12-28)10-9-25-22-18-5-3-4-6-20(18)26-23(27-22)19-15-17(16-24)7-8-21(19)30-2/h3-8,15H,9-14H2,1-2H3,(H,25,26,27). The number of ether oxygens (including phenoxy) is 1. The number of nitriles is 1. The topological polar surface area (TPSA) is 77.3 Å². The molecule has 1 N–H and O–H groups in total. The highest BCUT2D eigenvalue weighted by Gasteiger charge is 2.16. The largest absolute Gasteiger partial charge is 0.496 e. The SMILES string of the molecule is COc1ccc(C#N)cc1-c1nc(NCCN2CCN(C)CC2)c2ccccc2n1. The van der Waals surface area contributed by atoms with Crippen LogP contribution in [0.2, 0.25) is 0 Å². The second-order valence-corrected chi connectivity index (χ2v) is 7.51. The maximum Gasteiger partial charge on any atom is 0.165 e. The van der Waals surface area contributed by atoms with E-state index >= 15 is 0 Å². The molecule has 0 aliphatic carbocycles. The molecule has 4 rings (SSSR count). The molecule has 0 radical (unpaired) electrons. The van der Waals surface area contributed by atoms with E-state index < -0.39 is 0 Å². The molecule has 0 bridgehead atoms. The highest BCUT2D eigenvalue weighted by Crippen LogP contribution is 2.31. The van der Waals surface area contributed by atoms with E-state index in [0.29, 0.717) is 22.7 Å². The van der Waals surface area contributed by atoms with Gasteiger partial charge in [-0.1, -0.05) is 12.1 Å². The van der Waals surface area contributed by atoms with Gasteiger partial charge in [0.25, 0.3) is 0 Å². The molecule has 1 aliphatic heterocycles. The second kappa shape index (κ2) is 9.08. The van der Waals surface area contributed by atoms with Gasteiger partial charge in [-0.2, -0.15) is 5.26 Å². The molecular weight excluding hydrogens is 376 g/mol. The average Bonchev–Trinajstić information content (AvgIpc) is 2.79. The molecule has 1 aliphatic rings. The number of methoxy groups -OCH3 is 1. The Bertz CT molecular complexity index is 1070. The number of benzene rings is 2. The van der Waals surface area contributed by atoms with E-state index in [2.05, 4.69) is 28.2 Å². The zero-order valence-electron chi connectivity index (χ0n) is 17.4. The van der Waals surface area contributed by atoms with Crippen molar-refractivity contribution < 1.29 is 4.74 Å². The molecule has 0 atom stereocenters. The van der Waals surface area contributed by atoms with E-state index in [-0.39, 0.29) is 0 Å². The molecular formula is C23H26N6O. The molecule has 30 heavy (non-hydrogen) atoms. The van der Waals surface area contributed by atoms with E-state index in [1.54, 1.807) is 25.3 Å². The number of likely N-dealkylation sites (N-methyl/N-ethyl adjacent to an activating group) is 1. The van der Waals surface area contributed by atoms with Crippen LogP contribution >= 0.6 is 0 Å². The number of hydrogen-bond acceptors (Lipinski definition) is 7. The molecule has 3 aromatic rings. The van der Waals surface area contributed by atoms with Crippen LogP contribution in [0.1, 0.15) is 5.56 Å². The maximum atomic E-state index is 9.30. The van der Waals surface area contributed by atoms with Crippen LogP contribution in [0, 0.1) is 11.3 Å². The van der Waals surface area contributed by atoms with Crippen LogP contribution in [0.5, 0.6) is 5.75 Å². The molecule has 7 nitrogen and oxygen atoms in total. The van der Waals surface area contributed by atoms with Crippen LogP contribution in [-0.2, 0) is 0 Å². The summed E-state index contributed by atoms with van der Waals surface area (Å²) in [6, 6.07) is 15.4. The smallest absolute Gasteiger partial charge is 0.165 e. The zero-order chi connectivity index (χ0) is 20.9. The van der Waals surface area contributed by atoms with E-state index in [0.717, 1.165) is 56.0 Å².